The number of hydrogen-bond donors (Lipinski definition) is 0. The van der Waals surface area contributed by atoms with Gasteiger partial charge in [0.1, 0.15) is 0 Å². The van der Waals surface area contributed by atoms with Crippen LogP contribution in [-0.2, 0) is 0 Å². The highest BCUT2D eigenvalue weighted by Crippen LogP contribution is 2.36. The van der Waals surface area contributed by atoms with E-state index in [-0.39, 0.29) is 5.91 Å². The van der Waals surface area contributed by atoms with Crippen LogP contribution < -0.4 is 0 Å². The molecule has 1 saturated carbocycles. The van der Waals surface area contributed by atoms with Crippen LogP contribution in [0.1, 0.15) is 73.0 Å². The zero-order valence-corrected chi connectivity index (χ0v) is 13.3. The Hall–Kier alpha value is -0.830. The van der Waals surface area contributed by atoms with Gasteiger partial charge in [-0.25, -0.2) is 0 Å². The van der Waals surface area contributed by atoms with Gasteiger partial charge in [0.05, 0.1) is 5.56 Å². The molecule has 2 fully saturated rings. The third-order valence-electron chi connectivity index (χ3n) is 4.82. The molecular weight excluding hydrogens is 266 g/mol. The van der Waals surface area contributed by atoms with Gasteiger partial charge in [-0.3, -0.25) is 4.79 Å². The summed E-state index contributed by atoms with van der Waals surface area (Å²) < 4.78 is 0. The molecule has 2 heterocycles. The first-order valence-corrected chi connectivity index (χ1v) is 8.99. The zero-order chi connectivity index (χ0) is 13.9. The van der Waals surface area contributed by atoms with Crippen molar-refractivity contribution in [3.05, 3.63) is 21.9 Å². The SMILES string of the molecule is CC1CCCN(C(=O)c2csc(C3CCCCC3)c2)C1. The topological polar surface area (TPSA) is 20.3 Å². The van der Waals surface area contributed by atoms with E-state index in [1.165, 1.54) is 43.4 Å². The Morgan fingerprint density at radius 1 is 1.20 bits per heavy atom. The molecule has 1 aromatic heterocycles. The summed E-state index contributed by atoms with van der Waals surface area (Å²) in [7, 11) is 0. The fraction of sp³-hybridized carbons (Fsp3) is 0.706. The smallest absolute Gasteiger partial charge is 0.254 e. The minimum atomic E-state index is 0.259. The van der Waals surface area contributed by atoms with Crippen molar-refractivity contribution in [1.29, 1.82) is 0 Å². The van der Waals surface area contributed by atoms with Crippen LogP contribution in [0.15, 0.2) is 11.4 Å². The van der Waals surface area contributed by atoms with Crippen molar-refractivity contribution >= 4 is 17.2 Å². The highest BCUT2D eigenvalue weighted by molar-refractivity contribution is 7.10. The van der Waals surface area contributed by atoms with Gasteiger partial charge < -0.3 is 4.90 Å². The van der Waals surface area contributed by atoms with Crippen molar-refractivity contribution in [2.45, 2.75) is 57.8 Å². The largest absolute Gasteiger partial charge is 0.338 e. The van der Waals surface area contributed by atoms with Crippen molar-refractivity contribution in [3.63, 3.8) is 0 Å². The van der Waals surface area contributed by atoms with Gasteiger partial charge in [0.25, 0.3) is 5.91 Å². The molecule has 110 valence electrons. The Kier molecular flexibility index (Phi) is 4.45. The fourth-order valence-electron chi connectivity index (χ4n) is 3.62. The lowest BCUT2D eigenvalue weighted by Crippen LogP contribution is -2.38. The van der Waals surface area contributed by atoms with E-state index in [0.29, 0.717) is 5.92 Å². The molecule has 1 aliphatic carbocycles. The second kappa shape index (κ2) is 6.30. The lowest BCUT2D eigenvalue weighted by atomic mass is 9.88. The quantitative estimate of drug-likeness (QED) is 0.775. The summed E-state index contributed by atoms with van der Waals surface area (Å²) in [5.41, 5.74) is 0.935. The van der Waals surface area contributed by atoms with Gasteiger partial charge in [-0.05, 0) is 43.6 Å². The molecule has 1 amide bonds. The fourth-order valence-corrected chi connectivity index (χ4v) is 4.68. The van der Waals surface area contributed by atoms with Crippen LogP contribution >= 0.6 is 11.3 Å². The van der Waals surface area contributed by atoms with Gasteiger partial charge in [0.2, 0.25) is 0 Å². The van der Waals surface area contributed by atoms with E-state index in [1.807, 2.05) is 0 Å². The summed E-state index contributed by atoms with van der Waals surface area (Å²) >= 11 is 1.80. The average Bonchev–Trinajstić information content (AvgIpc) is 2.97. The van der Waals surface area contributed by atoms with E-state index in [9.17, 15) is 4.79 Å². The summed E-state index contributed by atoms with van der Waals surface area (Å²) in [6.07, 6.45) is 9.15. The first-order valence-electron chi connectivity index (χ1n) is 8.12. The summed E-state index contributed by atoms with van der Waals surface area (Å²) in [6.45, 7) is 4.13. The highest BCUT2D eigenvalue weighted by atomic mass is 32.1. The van der Waals surface area contributed by atoms with Gasteiger partial charge in [0.15, 0.2) is 0 Å². The van der Waals surface area contributed by atoms with Crippen LogP contribution in [0.5, 0.6) is 0 Å². The number of likely N-dealkylation sites (tertiary alicyclic amines) is 1. The first kappa shape index (κ1) is 14.1. The van der Waals surface area contributed by atoms with Crippen molar-refractivity contribution < 1.29 is 4.79 Å². The molecule has 1 unspecified atom stereocenters. The monoisotopic (exact) mass is 291 g/mol. The molecule has 0 bridgehead atoms. The van der Waals surface area contributed by atoms with Crippen LogP contribution in [-0.4, -0.2) is 23.9 Å². The molecule has 0 N–H and O–H groups in total. The van der Waals surface area contributed by atoms with E-state index in [2.05, 4.69) is 23.3 Å². The van der Waals surface area contributed by atoms with Crippen molar-refractivity contribution in [2.24, 2.45) is 5.92 Å². The molecule has 20 heavy (non-hydrogen) atoms. The number of hydrogen-bond acceptors (Lipinski definition) is 2. The number of carbonyl (C=O) groups is 1. The third kappa shape index (κ3) is 3.08. The summed E-state index contributed by atoms with van der Waals surface area (Å²) in [4.78, 5) is 16.1. The van der Waals surface area contributed by atoms with Crippen molar-refractivity contribution in [2.75, 3.05) is 13.1 Å². The Bertz CT molecular complexity index is 461. The van der Waals surface area contributed by atoms with Gasteiger partial charge in [0, 0.05) is 23.3 Å². The maximum atomic E-state index is 12.6. The standard InChI is InChI=1S/C17H25NOS/c1-13-6-5-9-18(11-13)17(19)15-10-16(20-12-15)14-7-3-2-4-8-14/h10,12-14H,2-9,11H2,1H3. The van der Waals surface area contributed by atoms with Crippen LogP contribution in [0.3, 0.4) is 0 Å². The van der Waals surface area contributed by atoms with E-state index < -0.39 is 0 Å². The van der Waals surface area contributed by atoms with Crippen LogP contribution in [0.2, 0.25) is 0 Å². The Balaban J connectivity index is 1.67. The Labute approximate surface area is 126 Å². The summed E-state index contributed by atoms with van der Waals surface area (Å²) in [6, 6.07) is 2.18. The molecule has 0 radical (unpaired) electrons. The minimum absolute atomic E-state index is 0.259. The van der Waals surface area contributed by atoms with Gasteiger partial charge in [-0.1, -0.05) is 26.2 Å². The molecule has 1 aliphatic heterocycles. The zero-order valence-electron chi connectivity index (χ0n) is 12.4. The number of thiophene rings is 1. The molecular formula is C17H25NOS. The molecule has 2 aliphatic rings. The Morgan fingerprint density at radius 2 is 2.00 bits per heavy atom. The average molecular weight is 291 g/mol. The van der Waals surface area contributed by atoms with Crippen molar-refractivity contribution in [1.82, 2.24) is 4.90 Å². The van der Waals surface area contributed by atoms with E-state index in [1.54, 1.807) is 11.3 Å². The molecule has 2 nitrogen and oxygen atoms in total. The van der Waals surface area contributed by atoms with Crippen LogP contribution in [0, 0.1) is 5.92 Å². The molecule has 1 atom stereocenters. The normalized spacial score (nSPS) is 24.9. The van der Waals surface area contributed by atoms with E-state index in [0.717, 1.165) is 31.0 Å². The maximum Gasteiger partial charge on any atom is 0.254 e. The van der Waals surface area contributed by atoms with Gasteiger partial charge in [-0.15, -0.1) is 11.3 Å². The highest BCUT2D eigenvalue weighted by Gasteiger charge is 2.24. The predicted octanol–water partition coefficient (Wildman–Crippen LogP) is 4.67. The molecule has 0 spiro atoms. The van der Waals surface area contributed by atoms with E-state index >= 15 is 0 Å². The molecule has 1 saturated heterocycles. The first-order chi connectivity index (χ1) is 9.74. The molecule has 1 aromatic rings. The van der Waals surface area contributed by atoms with Crippen LogP contribution in [0.25, 0.3) is 0 Å². The van der Waals surface area contributed by atoms with Crippen LogP contribution in [0.4, 0.5) is 0 Å². The predicted molar refractivity (Wildman–Crippen MR) is 84.4 cm³/mol. The molecule has 3 heteroatoms. The molecule has 0 aromatic carbocycles. The third-order valence-corrected chi connectivity index (χ3v) is 5.91. The lowest BCUT2D eigenvalue weighted by Gasteiger charge is -2.30. The molecule has 3 rings (SSSR count). The second-order valence-electron chi connectivity index (χ2n) is 6.57. The lowest BCUT2D eigenvalue weighted by molar-refractivity contribution is 0.0683. The van der Waals surface area contributed by atoms with Crippen molar-refractivity contribution in [3.8, 4) is 0 Å². The van der Waals surface area contributed by atoms with Gasteiger partial charge in [-0.2, -0.15) is 0 Å². The minimum Gasteiger partial charge on any atom is -0.338 e. The number of carbonyl (C=O) groups excluding carboxylic acids is 1. The summed E-state index contributed by atoms with van der Waals surface area (Å²) in [5.74, 6) is 1.63. The second-order valence-corrected chi connectivity index (χ2v) is 7.51. The number of rotatable bonds is 2. The maximum absolute atomic E-state index is 12.6. The van der Waals surface area contributed by atoms with Gasteiger partial charge >= 0.3 is 0 Å². The summed E-state index contributed by atoms with van der Waals surface area (Å²) in [5, 5.41) is 2.09. The Morgan fingerprint density at radius 3 is 2.75 bits per heavy atom. The van der Waals surface area contributed by atoms with E-state index in [4.69, 9.17) is 0 Å². The number of piperidine rings is 1. The number of nitrogens with zero attached hydrogens (tertiary/aromatic N) is 1. The number of amides is 1.